The van der Waals surface area contributed by atoms with Gasteiger partial charge in [-0.1, -0.05) is 6.92 Å². The molecule has 2 aliphatic heterocycles. The first-order valence-electron chi connectivity index (χ1n) is 7.12. The Labute approximate surface area is 109 Å². The number of ether oxygens (including phenoxy) is 1. The van der Waals surface area contributed by atoms with Gasteiger partial charge in [-0.15, -0.1) is 0 Å². The SMILES string of the molecule is CCN1CCOC(C(=O)NCCC2CCNC2)C1. The Balaban J connectivity index is 1.64. The van der Waals surface area contributed by atoms with Gasteiger partial charge in [0.25, 0.3) is 0 Å². The van der Waals surface area contributed by atoms with Gasteiger partial charge in [0.1, 0.15) is 6.10 Å². The first-order valence-corrected chi connectivity index (χ1v) is 7.12. The molecule has 2 unspecified atom stereocenters. The zero-order valence-electron chi connectivity index (χ0n) is 11.3. The van der Waals surface area contributed by atoms with Crippen LogP contribution in [0.25, 0.3) is 0 Å². The van der Waals surface area contributed by atoms with Gasteiger partial charge >= 0.3 is 0 Å². The summed E-state index contributed by atoms with van der Waals surface area (Å²) in [5, 5.41) is 6.35. The van der Waals surface area contributed by atoms with E-state index in [1.54, 1.807) is 0 Å². The average Bonchev–Trinajstić information content (AvgIpc) is 2.92. The molecule has 2 aliphatic rings. The molecule has 0 aromatic rings. The molecule has 0 aromatic carbocycles. The Bertz CT molecular complexity index is 267. The third-order valence-electron chi connectivity index (χ3n) is 3.90. The zero-order chi connectivity index (χ0) is 12.8. The molecule has 2 N–H and O–H groups in total. The normalized spacial score (nSPS) is 29.4. The molecular formula is C13H25N3O2. The van der Waals surface area contributed by atoms with Crippen molar-refractivity contribution in [3.8, 4) is 0 Å². The lowest BCUT2D eigenvalue weighted by Gasteiger charge is -2.31. The Hall–Kier alpha value is -0.650. The summed E-state index contributed by atoms with van der Waals surface area (Å²) in [4.78, 5) is 14.2. The maximum atomic E-state index is 12.0. The summed E-state index contributed by atoms with van der Waals surface area (Å²) < 4.78 is 5.53. The summed E-state index contributed by atoms with van der Waals surface area (Å²) >= 11 is 0. The molecule has 0 bridgehead atoms. The molecule has 2 rings (SSSR count). The van der Waals surface area contributed by atoms with Gasteiger partial charge in [-0.2, -0.15) is 0 Å². The maximum absolute atomic E-state index is 12.0. The van der Waals surface area contributed by atoms with Crippen LogP contribution in [0, 0.1) is 5.92 Å². The number of carbonyl (C=O) groups is 1. The lowest BCUT2D eigenvalue weighted by Crippen LogP contribution is -2.49. The molecular weight excluding hydrogens is 230 g/mol. The van der Waals surface area contributed by atoms with E-state index in [1.165, 1.54) is 6.42 Å². The molecule has 5 nitrogen and oxygen atoms in total. The van der Waals surface area contributed by atoms with Gasteiger partial charge < -0.3 is 15.4 Å². The van der Waals surface area contributed by atoms with E-state index in [2.05, 4.69) is 22.5 Å². The standard InChI is InChI=1S/C13H25N3O2/c1-2-16-7-8-18-12(10-16)13(17)15-6-4-11-3-5-14-9-11/h11-12,14H,2-10H2,1H3,(H,15,17). The number of nitrogens with zero attached hydrogens (tertiary/aromatic N) is 1. The highest BCUT2D eigenvalue weighted by Crippen LogP contribution is 2.11. The van der Waals surface area contributed by atoms with Gasteiger partial charge in [0, 0.05) is 19.6 Å². The van der Waals surface area contributed by atoms with Gasteiger partial charge in [0.2, 0.25) is 5.91 Å². The number of likely N-dealkylation sites (N-methyl/N-ethyl adjacent to an activating group) is 1. The van der Waals surface area contributed by atoms with Crippen LogP contribution in [0.4, 0.5) is 0 Å². The monoisotopic (exact) mass is 255 g/mol. The van der Waals surface area contributed by atoms with Crippen LogP contribution < -0.4 is 10.6 Å². The van der Waals surface area contributed by atoms with Crippen molar-refractivity contribution in [1.82, 2.24) is 15.5 Å². The molecule has 0 radical (unpaired) electrons. The van der Waals surface area contributed by atoms with Crippen molar-refractivity contribution >= 4 is 5.91 Å². The molecule has 0 aromatic heterocycles. The van der Waals surface area contributed by atoms with Crippen molar-refractivity contribution in [3.05, 3.63) is 0 Å². The van der Waals surface area contributed by atoms with Gasteiger partial charge in [-0.05, 0) is 38.4 Å². The molecule has 0 spiro atoms. The minimum Gasteiger partial charge on any atom is -0.366 e. The molecule has 2 atom stereocenters. The second-order valence-corrected chi connectivity index (χ2v) is 5.19. The number of carbonyl (C=O) groups excluding carboxylic acids is 1. The van der Waals surface area contributed by atoms with Crippen molar-refractivity contribution in [2.45, 2.75) is 25.9 Å². The Morgan fingerprint density at radius 1 is 1.56 bits per heavy atom. The molecule has 104 valence electrons. The predicted octanol–water partition coefficient (Wildman–Crippen LogP) is -0.177. The molecule has 5 heteroatoms. The minimum atomic E-state index is -0.277. The van der Waals surface area contributed by atoms with Crippen LogP contribution in [0.3, 0.4) is 0 Å². The van der Waals surface area contributed by atoms with E-state index in [4.69, 9.17) is 4.74 Å². The fourth-order valence-electron chi connectivity index (χ4n) is 2.62. The number of rotatable bonds is 5. The minimum absolute atomic E-state index is 0.0547. The van der Waals surface area contributed by atoms with E-state index in [-0.39, 0.29) is 12.0 Å². The van der Waals surface area contributed by atoms with Crippen molar-refractivity contribution < 1.29 is 9.53 Å². The summed E-state index contributed by atoms with van der Waals surface area (Å²) in [7, 11) is 0. The van der Waals surface area contributed by atoms with E-state index in [0.29, 0.717) is 6.61 Å². The molecule has 18 heavy (non-hydrogen) atoms. The van der Waals surface area contributed by atoms with E-state index in [9.17, 15) is 4.79 Å². The lowest BCUT2D eigenvalue weighted by molar-refractivity contribution is -0.138. The number of nitrogens with one attached hydrogen (secondary N) is 2. The van der Waals surface area contributed by atoms with Crippen LogP contribution in [0.5, 0.6) is 0 Å². The van der Waals surface area contributed by atoms with Gasteiger partial charge in [-0.25, -0.2) is 0 Å². The summed E-state index contributed by atoms with van der Waals surface area (Å²) in [5.74, 6) is 0.781. The van der Waals surface area contributed by atoms with E-state index < -0.39 is 0 Å². The molecule has 2 fully saturated rings. The van der Waals surface area contributed by atoms with Gasteiger partial charge in [-0.3, -0.25) is 9.69 Å². The van der Waals surface area contributed by atoms with Crippen molar-refractivity contribution in [2.24, 2.45) is 5.92 Å². The second-order valence-electron chi connectivity index (χ2n) is 5.19. The van der Waals surface area contributed by atoms with Crippen LogP contribution in [-0.2, 0) is 9.53 Å². The van der Waals surface area contributed by atoms with E-state index in [1.807, 2.05) is 0 Å². The zero-order valence-corrected chi connectivity index (χ0v) is 11.3. The molecule has 2 heterocycles. The number of amides is 1. The average molecular weight is 255 g/mol. The molecule has 0 saturated carbocycles. The highest BCUT2D eigenvalue weighted by atomic mass is 16.5. The van der Waals surface area contributed by atoms with Gasteiger partial charge in [0.05, 0.1) is 6.61 Å². The topological polar surface area (TPSA) is 53.6 Å². The molecule has 2 saturated heterocycles. The van der Waals surface area contributed by atoms with Crippen molar-refractivity contribution in [2.75, 3.05) is 45.9 Å². The highest BCUT2D eigenvalue weighted by Gasteiger charge is 2.25. The largest absolute Gasteiger partial charge is 0.366 e. The third kappa shape index (κ3) is 3.93. The molecule has 1 amide bonds. The Kier molecular flexibility index (Phi) is 5.41. The maximum Gasteiger partial charge on any atom is 0.250 e. The van der Waals surface area contributed by atoms with Crippen LogP contribution in [0.1, 0.15) is 19.8 Å². The van der Waals surface area contributed by atoms with Crippen LogP contribution in [0.2, 0.25) is 0 Å². The lowest BCUT2D eigenvalue weighted by atomic mass is 10.1. The predicted molar refractivity (Wildman–Crippen MR) is 70.5 cm³/mol. The first kappa shape index (κ1) is 13.8. The van der Waals surface area contributed by atoms with Gasteiger partial charge in [0.15, 0.2) is 0 Å². The van der Waals surface area contributed by atoms with E-state index >= 15 is 0 Å². The number of hydrogen-bond acceptors (Lipinski definition) is 4. The summed E-state index contributed by atoms with van der Waals surface area (Å²) in [6, 6.07) is 0. The van der Waals surface area contributed by atoms with Crippen molar-refractivity contribution in [1.29, 1.82) is 0 Å². The third-order valence-corrected chi connectivity index (χ3v) is 3.90. The smallest absolute Gasteiger partial charge is 0.250 e. The fourth-order valence-corrected chi connectivity index (χ4v) is 2.62. The highest BCUT2D eigenvalue weighted by molar-refractivity contribution is 5.81. The first-order chi connectivity index (χ1) is 8.79. The van der Waals surface area contributed by atoms with Crippen LogP contribution >= 0.6 is 0 Å². The summed E-state index contributed by atoms with van der Waals surface area (Å²) in [5.41, 5.74) is 0. The van der Waals surface area contributed by atoms with E-state index in [0.717, 1.165) is 51.6 Å². The number of morpholine rings is 1. The quantitative estimate of drug-likeness (QED) is 0.716. The molecule has 0 aliphatic carbocycles. The number of hydrogen-bond donors (Lipinski definition) is 2. The fraction of sp³-hybridized carbons (Fsp3) is 0.923. The Morgan fingerprint density at radius 3 is 3.17 bits per heavy atom. The van der Waals surface area contributed by atoms with Crippen LogP contribution in [-0.4, -0.2) is 62.8 Å². The summed E-state index contributed by atoms with van der Waals surface area (Å²) in [6.07, 6.45) is 2.03. The second kappa shape index (κ2) is 7.07. The van der Waals surface area contributed by atoms with Crippen LogP contribution in [0.15, 0.2) is 0 Å². The summed E-state index contributed by atoms with van der Waals surface area (Å²) in [6.45, 7) is 8.43. The Morgan fingerprint density at radius 2 is 2.44 bits per heavy atom. The van der Waals surface area contributed by atoms with Crippen molar-refractivity contribution in [3.63, 3.8) is 0 Å².